The van der Waals surface area contributed by atoms with Crippen LogP contribution in [0.2, 0.25) is 0 Å². The molecular weight excluding hydrogens is 148 g/mol. The van der Waals surface area contributed by atoms with Gasteiger partial charge in [0, 0.05) is 0 Å². The summed E-state index contributed by atoms with van der Waals surface area (Å²) in [5.41, 5.74) is -0.0785. The second-order valence-electron chi connectivity index (χ2n) is 1.70. The average molecular weight is 152 g/mol. The summed E-state index contributed by atoms with van der Waals surface area (Å²) in [4.78, 5) is 13.4. The number of nitrogens with zero attached hydrogens (tertiary/aromatic N) is 1. The molecule has 1 aromatic rings. The molecule has 3 nitrogen and oxygen atoms in total. The van der Waals surface area contributed by atoms with Crippen LogP contribution in [0.25, 0.3) is 0 Å². The van der Waals surface area contributed by atoms with Gasteiger partial charge in [-0.3, -0.25) is 4.79 Å². The predicted octanol–water partition coefficient (Wildman–Crippen LogP) is 0.535. The van der Waals surface area contributed by atoms with E-state index in [1.165, 1.54) is 12.1 Å². The van der Waals surface area contributed by atoms with Crippen molar-refractivity contribution in [2.75, 3.05) is 0 Å². The topological polar surface area (TPSA) is 56.6 Å². The Morgan fingerprint density at radius 3 is 2.80 bits per heavy atom. The monoisotopic (exact) mass is 152 g/mol. The number of nitriles is 1. The molecule has 0 bridgehead atoms. The first-order valence-electron chi connectivity index (χ1n) is 2.56. The highest BCUT2D eigenvalue weighted by Crippen LogP contribution is 1.96. The van der Waals surface area contributed by atoms with E-state index in [2.05, 4.69) is 17.6 Å². The van der Waals surface area contributed by atoms with Crippen LogP contribution in [0.5, 0.6) is 0 Å². The Morgan fingerprint density at radius 2 is 2.30 bits per heavy atom. The molecule has 1 heterocycles. The van der Waals surface area contributed by atoms with Crippen LogP contribution in [0.1, 0.15) is 5.69 Å². The molecule has 1 N–H and O–H groups in total. The van der Waals surface area contributed by atoms with E-state index in [1.807, 2.05) is 0 Å². The number of aromatic amines is 1. The number of H-pyrrole nitrogens is 1. The fourth-order valence-electron chi connectivity index (χ4n) is 0.531. The summed E-state index contributed by atoms with van der Waals surface area (Å²) < 4.78 is 0. The Morgan fingerprint density at radius 1 is 1.60 bits per heavy atom. The van der Waals surface area contributed by atoms with Crippen molar-refractivity contribution in [1.29, 1.82) is 5.26 Å². The molecule has 0 aliphatic carbocycles. The highest BCUT2D eigenvalue weighted by molar-refractivity contribution is 7.80. The van der Waals surface area contributed by atoms with Crippen molar-refractivity contribution in [3.8, 4) is 6.07 Å². The minimum Gasteiger partial charge on any atom is -0.313 e. The quantitative estimate of drug-likeness (QED) is 0.533. The van der Waals surface area contributed by atoms with E-state index in [1.54, 1.807) is 6.07 Å². The van der Waals surface area contributed by atoms with Gasteiger partial charge in [0.1, 0.15) is 11.8 Å². The lowest BCUT2D eigenvalue weighted by Gasteiger charge is -1.88. The Balaban J connectivity index is 3.34. The minimum absolute atomic E-state index is 0.253. The molecule has 0 atom stereocenters. The number of hydrogen-bond acceptors (Lipinski definition) is 3. The maximum Gasteiger partial charge on any atom is 0.262 e. The van der Waals surface area contributed by atoms with E-state index in [0.717, 1.165) is 0 Å². The van der Waals surface area contributed by atoms with E-state index in [-0.39, 0.29) is 11.3 Å². The van der Waals surface area contributed by atoms with Gasteiger partial charge in [0.05, 0.1) is 4.90 Å². The molecule has 1 aromatic heterocycles. The average Bonchev–Trinajstić information content (AvgIpc) is 1.95. The third kappa shape index (κ3) is 1.20. The Labute approximate surface area is 62.7 Å². The summed E-state index contributed by atoms with van der Waals surface area (Å²) in [5.74, 6) is 0. The molecule has 0 aromatic carbocycles. The van der Waals surface area contributed by atoms with Crippen LogP contribution in [0.15, 0.2) is 21.8 Å². The van der Waals surface area contributed by atoms with Crippen molar-refractivity contribution in [2.45, 2.75) is 4.90 Å². The normalized spacial score (nSPS) is 8.80. The molecule has 10 heavy (non-hydrogen) atoms. The van der Waals surface area contributed by atoms with Crippen molar-refractivity contribution in [3.63, 3.8) is 0 Å². The van der Waals surface area contributed by atoms with Gasteiger partial charge in [-0.1, -0.05) is 0 Å². The summed E-state index contributed by atoms with van der Waals surface area (Å²) in [6.07, 6.45) is 0. The molecule has 0 saturated carbocycles. The van der Waals surface area contributed by atoms with Gasteiger partial charge in [-0.15, -0.1) is 12.6 Å². The summed E-state index contributed by atoms with van der Waals surface area (Å²) in [6.45, 7) is 0. The van der Waals surface area contributed by atoms with Crippen molar-refractivity contribution >= 4 is 12.6 Å². The fourth-order valence-corrected chi connectivity index (χ4v) is 0.662. The zero-order valence-electron chi connectivity index (χ0n) is 4.96. The summed E-state index contributed by atoms with van der Waals surface area (Å²) in [7, 11) is 0. The number of pyridine rings is 1. The molecule has 0 saturated heterocycles. The van der Waals surface area contributed by atoms with Crippen molar-refractivity contribution in [1.82, 2.24) is 4.98 Å². The van der Waals surface area contributed by atoms with Gasteiger partial charge in [-0.2, -0.15) is 5.26 Å². The summed E-state index contributed by atoms with van der Waals surface area (Å²) >= 11 is 3.83. The van der Waals surface area contributed by atoms with Crippen LogP contribution in [0, 0.1) is 11.3 Å². The highest BCUT2D eigenvalue weighted by atomic mass is 32.1. The van der Waals surface area contributed by atoms with Crippen molar-refractivity contribution < 1.29 is 0 Å². The third-order valence-corrected chi connectivity index (χ3v) is 1.36. The van der Waals surface area contributed by atoms with Crippen LogP contribution in [-0.2, 0) is 0 Å². The standard InChI is InChI=1S/C6H4N2OS/c7-3-4-1-2-5(10)6(9)8-4/h1-2,10H,(H,8,9). The molecule has 1 rings (SSSR count). The van der Waals surface area contributed by atoms with Crippen molar-refractivity contribution in [3.05, 3.63) is 28.2 Å². The molecular formula is C6H4N2OS. The van der Waals surface area contributed by atoms with Gasteiger partial charge in [0.15, 0.2) is 0 Å². The molecule has 50 valence electrons. The van der Waals surface area contributed by atoms with Crippen LogP contribution in [-0.4, -0.2) is 4.98 Å². The smallest absolute Gasteiger partial charge is 0.262 e. The first-order valence-corrected chi connectivity index (χ1v) is 3.01. The molecule has 0 amide bonds. The van der Waals surface area contributed by atoms with Crippen LogP contribution in [0.3, 0.4) is 0 Å². The second kappa shape index (κ2) is 2.58. The van der Waals surface area contributed by atoms with Gasteiger partial charge >= 0.3 is 0 Å². The van der Waals surface area contributed by atoms with E-state index >= 15 is 0 Å². The van der Waals surface area contributed by atoms with E-state index < -0.39 is 0 Å². The van der Waals surface area contributed by atoms with Gasteiger partial charge in [-0.05, 0) is 12.1 Å². The lowest BCUT2D eigenvalue weighted by Crippen LogP contribution is -2.07. The maximum absolute atomic E-state index is 10.7. The largest absolute Gasteiger partial charge is 0.313 e. The number of thiol groups is 1. The molecule has 0 aliphatic rings. The third-order valence-electron chi connectivity index (χ3n) is 1.01. The zero-order valence-corrected chi connectivity index (χ0v) is 5.85. The number of nitrogens with one attached hydrogen (secondary N) is 1. The van der Waals surface area contributed by atoms with E-state index in [9.17, 15) is 4.79 Å². The molecule has 0 aliphatic heterocycles. The number of aromatic nitrogens is 1. The predicted molar refractivity (Wildman–Crippen MR) is 39.0 cm³/mol. The number of hydrogen-bond donors (Lipinski definition) is 2. The van der Waals surface area contributed by atoms with Crippen LogP contribution in [0.4, 0.5) is 0 Å². The molecule has 0 unspecified atom stereocenters. The summed E-state index contributed by atoms with van der Waals surface area (Å²) in [5, 5.41) is 8.31. The maximum atomic E-state index is 10.7. The molecule has 4 heteroatoms. The Hall–Kier alpha value is -1.21. The van der Waals surface area contributed by atoms with Gasteiger partial charge in [0.2, 0.25) is 0 Å². The Bertz CT molecular complexity index is 336. The zero-order chi connectivity index (χ0) is 7.56. The Kier molecular flexibility index (Phi) is 1.78. The van der Waals surface area contributed by atoms with Crippen molar-refractivity contribution in [2.24, 2.45) is 0 Å². The number of rotatable bonds is 0. The highest BCUT2D eigenvalue weighted by Gasteiger charge is 1.93. The second-order valence-corrected chi connectivity index (χ2v) is 2.18. The first kappa shape index (κ1) is 6.90. The van der Waals surface area contributed by atoms with E-state index in [4.69, 9.17) is 5.26 Å². The minimum atomic E-state index is -0.331. The first-order chi connectivity index (χ1) is 4.74. The lowest BCUT2D eigenvalue weighted by atomic mass is 10.4. The fraction of sp³-hybridized carbons (Fsp3) is 0. The molecule has 0 fully saturated rings. The molecule has 0 spiro atoms. The summed E-state index contributed by atoms with van der Waals surface area (Å²) in [6, 6.07) is 4.80. The van der Waals surface area contributed by atoms with E-state index in [0.29, 0.717) is 4.90 Å². The van der Waals surface area contributed by atoms with Gasteiger partial charge in [-0.25, -0.2) is 0 Å². The van der Waals surface area contributed by atoms with Gasteiger partial charge in [0.25, 0.3) is 5.56 Å². The lowest BCUT2D eigenvalue weighted by molar-refractivity contribution is 1.12. The van der Waals surface area contributed by atoms with Gasteiger partial charge < -0.3 is 4.98 Å². The molecule has 0 radical (unpaired) electrons. The van der Waals surface area contributed by atoms with Crippen LogP contribution >= 0.6 is 12.6 Å². The SMILES string of the molecule is N#Cc1ccc(S)c(=O)[nH]1. The van der Waals surface area contributed by atoms with Crippen LogP contribution < -0.4 is 5.56 Å².